The van der Waals surface area contributed by atoms with Crippen molar-refractivity contribution in [1.82, 2.24) is 0 Å². The minimum Gasteiger partial charge on any atom is -0.496 e. The molecule has 0 unspecified atom stereocenters. The molecule has 5 heteroatoms. The lowest BCUT2D eigenvalue weighted by Crippen LogP contribution is -2.16. The van der Waals surface area contributed by atoms with Gasteiger partial charge in [-0.1, -0.05) is 18.2 Å². The lowest BCUT2D eigenvalue weighted by Gasteiger charge is -2.07. The second-order valence-corrected chi connectivity index (χ2v) is 5.22. The summed E-state index contributed by atoms with van der Waals surface area (Å²) in [6.07, 6.45) is 0. The molecule has 0 spiro atoms. The average molecular weight is 260 g/mol. The van der Waals surface area contributed by atoms with Crippen LogP contribution in [0.3, 0.4) is 0 Å². The van der Waals surface area contributed by atoms with Gasteiger partial charge in [-0.15, -0.1) is 23.2 Å². The number of para-hydroxylation sites is 1. The Hall–Kier alpha value is -0.930. The van der Waals surface area contributed by atoms with Crippen molar-refractivity contribution in [2.45, 2.75) is 10.3 Å². The van der Waals surface area contributed by atoms with Crippen molar-refractivity contribution in [1.29, 1.82) is 0 Å². The molecule has 3 nitrogen and oxygen atoms in total. The van der Waals surface area contributed by atoms with Crippen LogP contribution < -0.4 is 10.5 Å². The number of carbonyl (C=O) groups excluding carboxylic acids is 1. The van der Waals surface area contributed by atoms with E-state index >= 15 is 0 Å². The highest BCUT2D eigenvalue weighted by Gasteiger charge is 2.67. The summed E-state index contributed by atoms with van der Waals surface area (Å²) in [5, 5.41) is 0. The molecule has 1 aliphatic carbocycles. The smallest absolute Gasteiger partial charge is 0.224 e. The quantitative estimate of drug-likeness (QED) is 0.846. The zero-order chi connectivity index (χ0) is 11.9. The van der Waals surface area contributed by atoms with Crippen molar-refractivity contribution in [2.75, 3.05) is 7.11 Å². The predicted octanol–water partition coefficient (Wildman–Crippen LogP) is 2.07. The number of primary amides is 1. The topological polar surface area (TPSA) is 52.3 Å². The number of alkyl halides is 2. The van der Waals surface area contributed by atoms with Crippen LogP contribution >= 0.6 is 23.2 Å². The number of nitrogens with two attached hydrogens (primary N) is 1. The van der Waals surface area contributed by atoms with Crippen molar-refractivity contribution >= 4 is 29.1 Å². The van der Waals surface area contributed by atoms with Crippen LogP contribution in [0.5, 0.6) is 5.75 Å². The first-order valence-corrected chi connectivity index (χ1v) is 5.55. The molecule has 2 rings (SSSR count). The number of halogens is 2. The van der Waals surface area contributed by atoms with Gasteiger partial charge in [0.2, 0.25) is 5.91 Å². The van der Waals surface area contributed by atoms with Gasteiger partial charge in [0.05, 0.1) is 13.0 Å². The third-order valence-electron chi connectivity index (χ3n) is 2.83. The van der Waals surface area contributed by atoms with Gasteiger partial charge in [0.15, 0.2) is 0 Å². The van der Waals surface area contributed by atoms with Gasteiger partial charge in [0, 0.05) is 11.5 Å². The van der Waals surface area contributed by atoms with Gasteiger partial charge in [0.25, 0.3) is 0 Å². The molecule has 1 aliphatic rings. The maximum Gasteiger partial charge on any atom is 0.224 e. The molecule has 0 aromatic heterocycles. The minimum absolute atomic E-state index is 0.288. The molecule has 86 valence electrons. The summed E-state index contributed by atoms with van der Waals surface area (Å²) in [4.78, 5) is 11.2. The van der Waals surface area contributed by atoms with Crippen LogP contribution in [0, 0.1) is 5.92 Å². The van der Waals surface area contributed by atoms with Crippen molar-refractivity contribution in [3.8, 4) is 5.75 Å². The number of carbonyl (C=O) groups is 1. The Balaban J connectivity index is 2.37. The molecule has 16 heavy (non-hydrogen) atoms. The van der Waals surface area contributed by atoms with Crippen molar-refractivity contribution in [2.24, 2.45) is 11.7 Å². The van der Waals surface area contributed by atoms with Gasteiger partial charge in [0.1, 0.15) is 10.1 Å². The van der Waals surface area contributed by atoms with Crippen LogP contribution in [-0.2, 0) is 4.79 Å². The molecular weight excluding hydrogens is 249 g/mol. The summed E-state index contributed by atoms with van der Waals surface area (Å²) in [7, 11) is 1.56. The van der Waals surface area contributed by atoms with Gasteiger partial charge >= 0.3 is 0 Å². The van der Waals surface area contributed by atoms with Crippen molar-refractivity contribution in [3.05, 3.63) is 29.8 Å². The van der Waals surface area contributed by atoms with E-state index < -0.39 is 16.2 Å². The Morgan fingerprint density at radius 2 is 2.06 bits per heavy atom. The number of benzene rings is 1. The van der Waals surface area contributed by atoms with Gasteiger partial charge in [-0.05, 0) is 6.07 Å². The predicted molar refractivity (Wildman–Crippen MR) is 62.9 cm³/mol. The van der Waals surface area contributed by atoms with Gasteiger partial charge in [-0.25, -0.2) is 0 Å². The third kappa shape index (κ3) is 1.64. The minimum atomic E-state index is -1.11. The fraction of sp³-hybridized carbons (Fsp3) is 0.364. The summed E-state index contributed by atoms with van der Waals surface area (Å²) in [6, 6.07) is 7.33. The van der Waals surface area contributed by atoms with E-state index in [1.165, 1.54) is 0 Å². The highest BCUT2D eigenvalue weighted by Crippen LogP contribution is 2.65. The second-order valence-electron chi connectivity index (χ2n) is 3.77. The summed E-state index contributed by atoms with van der Waals surface area (Å²) < 4.78 is 4.09. The maximum absolute atomic E-state index is 11.2. The molecule has 0 bridgehead atoms. The van der Waals surface area contributed by atoms with Crippen LogP contribution in [0.4, 0.5) is 0 Å². The number of ether oxygens (including phenoxy) is 1. The molecule has 0 saturated heterocycles. The average Bonchev–Trinajstić information content (AvgIpc) is 2.81. The van der Waals surface area contributed by atoms with E-state index in [0.717, 1.165) is 5.56 Å². The Kier molecular flexibility index (Phi) is 2.76. The standard InChI is InChI=1S/C11H11Cl2NO2/c1-16-7-5-3-2-4-6(7)8-9(10(14)15)11(8,12)13/h2-5,8-9H,1H3,(H2,14,15)/t8-,9+/m0/s1. The zero-order valence-corrected chi connectivity index (χ0v) is 10.1. The van der Waals surface area contributed by atoms with E-state index in [9.17, 15) is 4.79 Å². The number of hydrogen-bond donors (Lipinski definition) is 1. The fourth-order valence-corrected chi connectivity index (χ4v) is 2.82. The number of amides is 1. The lowest BCUT2D eigenvalue weighted by molar-refractivity contribution is -0.119. The fourth-order valence-electron chi connectivity index (χ4n) is 1.99. The maximum atomic E-state index is 11.2. The molecule has 2 atom stereocenters. The number of hydrogen-bond acceptors (Lipinski definition) is 2. The molecule has 1 aromatic carbocycles. The molecule has 1 saturated carbocycles. The molecule has 0 aliphatic heterocycles. The highest BCUT2D eigenvalue weighted by molar-refractivity contribution is 6.53. The summed E-state index contributed by atoms with van der Waals surface area (Å²) in [6.45, 7) is 0. The van der Waals surface area contributed by atoms with Crippen LogP contribution in [0.15, 0.2) is 24.3 Å². The van der Waals surface area contributed by atoms with Gasteiger partial charge in [-0.2, -0.15) is 0 Å². The Morgan fingerprint density at radius 1 is 1.44 bits per heavy atom. The molecule has 0 heterocycles. The Bertz CT molecular complexity index is 434. The van der Waals surface area contributed by atoms with E-state index in [4.69, 9.17) is 33.7 Å². The van der Waals surface area contributed by atoms with E-state index in [1.54, 1.807) is 13.2 Å². The Labute approximate surface area is 103 Å². The van der Waals surface area contributed by atoms with Crippen LogP contribution in [0.2, 0.25) is 0 Å². The van der Waals surface area contributed by atoms with Crippen LogP contribution in [0.25, 0.3) is 0 Å². The summed E-state index contributed by atoms with van der Waals surface area (Å²) in [5.41, 5.74) is 6.06. The SMILES string of the molecule is COc1ccccc1[C@H]1[C@H](C(N)=O)C1(Cl)Cl. The van der Waals surface area contributed by atoms with Crippen LogP contribution in [0.1, 0.15) is 11.5 Å². The van der Waals surface area contributed by atoms with E-state index in [0.29, 0.717) is 5.75 Å². The van der Waals surface area contributed by atoms with Gasteiger partial charge < -0.3 is 10.5 Å². The lowest BCUT2D eigenvalue weighted by atomic mass is 10.1. The summed E-state index contributed by atoms with van der Waals surface area (Å²) in [5.74, 6) is -0.653. The van der Waals surface area contributed by atoms with E-state index in [-0.39, 0.29) is 5.92 Å². The molecule has 1 aromatic rings. The molecule has 2 N–H and O–H groups in total. The number of methoxy groups -OCH3 is 1. The van der Waals surface area contributed by atoms with Gasteiger partial charge in [-0.3, -0.25) is 4.79 Å². The summed E-state index contributed by atoms with van der Waals surface area (Å²) >= 11 is 12.1. The van der Waals surface area contributed by atoms with E-state index in [1.807, 2.05) is 18.2 Å². The molecule has 1 amide bonds. The normalized spacial score (nSPS) is 26.2. The third-order valence-corrected chi connectivity index (χ3v) is 3.77. The first kappa shape index (κ1) is 11.6. The molecular formula is C11H11Cl2NO2. The first-order chi connectivity index (χ1) is 7.50. The van der Waals surface area contributed by atoms with E-state index in [2.05, 4.69) is 0 Å². The van der Waals surface area contributed by atoms with Crippen LogP contribution in [-0.4, -0.2) is 17.4 Å². The monoisotopic (exact) mass is 259 g/mol. The second kappa shape index (κ2) is 3.82. The van der Waals surface area contributed by atoms with Crippen molar-refractivity contribution in [3.63, 3.8) is 0 Å². The number of rotatable bonds is 3. The molecule has 0 radical (unpaired) electrons. The van der Waals surface area contributed by atoms with Crippen molar-refractivity contribution < 1.29 is 9.53 Å². The highest BCUT2D eigenvalue weighted by atomic mass is 35.5. The molecule has 1 fully saturated rings. The zero-order valence-electron chi connectivity index (χ0n) is 8.61. The largest absolute Gasteiger partial charge is 0.496 e. The first-order valence-electron chi connectivity index (χ1n) is 4.80. The Morgan fingerprint density at radius 3 is 2.56 bits per heavy atom.